The Balaban J connectivity index is 1.43. The molecule has 0 spiro atoms. The maximum absolute atomic E-state index is 13.1. The van der Waals surface area contributed by atoms with Crippen LogP contribution in [-0.4, -0.2) is 71.5 Å². The number of amides is 1. The van der Waals surface area contributed by atoms with E-state index in [2.05, 4.69) is 51.8 Å². The third kappa shape index (κ3) is 4.28. The zero-order valence-corrected chi connectivity index (χ0v) is 19.4. The van der Waals surface area contributed by atoms with Crippen molar-refractivity contribution in [2.75, 3.05) is 38.1 Å². The van der Waals surface area contributed by atoms with Crippen molar-refractivity contribution in [2.45, 2.75) is 24.8 Å². The zero-order chi connectivity index (χ0) is 22.2. The molecule has 1 amide bonds. The predicted molar refractivity (Wildman–Crippen MR) is 122 cm³/mol. The first-order valence-electron chi connectivity index (χ1n) is 10.1. The number of benzene rings is 2. The van der Waals surface area contributed by atoms with Gasteiger partial charge in [-0.1, -0.05) is 23.8 Å². The van der Waals surface area contributed by atoms with Gasteiger partial charge >= 0.3 is 0 Å². The van der Waals surface area contributed by atoms with E-state index >= 15 is 0 Å². The van der Waals surface area contributed by atoms with E-state index in [-0.39, 0.29) is 23.4 Å². The number of anilines is 1. The predicted octanol–water partition coefficient (Wildman–Crippen LogP) is 2.36. The van der Waals surface area contributed by atoms with Gasteiger partial charge in [0.1, 0.15) is 15.9 Å². The molecule has 31 heavy (non-hydrogen) atoms. The second-order valence-corrected chi connectivity index (χ2v) is 10.4. The first kappa shape index (κ1) is 21.7. The fourth-order valence-electron chi connectivity index (χ4n) is 3.84. The number of likely N-dealkylation sites (N-methyl/N-ethyl adjacent to an activating group) is 1. The Kier molecular flexibility index (Phi) is 5.96. The van der Waals surface area contributed by atoms with Gasteiger partial charge < -0.3 is 9.80 Å². The van der Waals surface area contributed by atoms with Gasteiger partial charge in [-0.15, -0.1) is 0 Å². The summed E-state index contributed by atoms with van der Waals surface area (Å²) in [5.74, 6) is -0.204. The van der Waals surface area contributed by atoms with Crippen LogP contribution in [0.2, 0.25) is 0 Å². The summed E-state index contributed by atoms with van der Waals surface area (Å²) < 4.78 is 35.5. The van der Waals surface area contributed by atoms with Crippen LogP contribution in [0.5, 0.6) is 0 Å². The number of aromatic nitrogens is 2. The third-order valence-electron chi connectivity index (χ3n) is 5.64. The lowest BCUT2D eigenvalue weighted by Gasteiger charge is -2.41. The highest BCUT2D eigenvalue weighted by molar-refractivity contribution is 7.89. The van der Waals surface area contributed by atoms with Crippen LogP contribution in [0.1, 0.15) is 12.5 Å². The third-order valence-corrected chi connectivity index (χ3v) is 8.02. The van der Waals surface area contributed by atoms with E-state index in [0.29, 0.717) is 30.7 Å². The smallest absolute Gasteiger partial charge is 0.245 e. The summed E-state index contributed by atoms with van der Waals surface area (Å²) in [6, 6.07) is 13.3. The Bertz CT molecular complexity index is 1190. The van der Waals surface area contributed by atoms with Crippen molar-refractivity contribution in [2.24, 2.45) is 0 Å². The number of aryl methyl sites for hydroxylation is 1. The van der Waals surface area contributed by atoms with Crippen LogP contribution < -0.4 is 4.90 Å². The lowest BCUT2D eigenvalue weighted by Crippen LogP contribution is -2.55. The number of hydrogen-bond acceptors (Lipinski definition) is 7. The number of piperazine rings is 1. The second kappa shape index (κ2) is 8.52. The molecule has 2 aromatic carbocycles. The van der Waals surface area contributed by atoms with Gasteiger partial charge in [-0.3, -0.25) is 4.79 Å². The standard InChI is InChI=1S/C21H25N5O3S2/c1-15-7-9-17(10-8-15)26-12-11-25(13-16(26)2)20(27)14-24(3)31(28,29)19-6-4-5-18-21(19)23-30-22-18/h4-10,16H,11-14H2,1-3H3/t16-/m1/s1. The zero-order valence-electron chi connectivity index (χ0n) is 17.7. The van der Waals surface area contributed by atoms with Crippen molar-refractivity contribution in [1.82, 2.24) is 18.0 Å². The Hall–Kier alpha value is -2.56. The van der Waals surface area contributed by atoms with Crippen molar-refractivity contribution in [3.05, 3.63) is 48.0 Å². The fourth-order valence-corrected chi connectivity index (χ4v) is 5.71. The molecule has 2 heterocycles. The lowest BCUT2D eigenvalue weighted by atomic mass is 10.1. The molecule has 1 aromatic heterocycles. The van der Waals surface area contributed by atoms with Crippen LogP contribution in [0.15, 0.2) is 47.4 Å². The second-order valence-electron chi connectivity index (χ2n) is 7.87. The van der Waals surface area contributed by atoms with E-state index in [9.17, 15) is 13.2 Å². The van der Waals surface area contributed by atoms with E-state index < -0.39 is 10.0 Å². The van der Waals surface area contributed by atoms with Crippen molar-refractivity contribution in [1.29, 1.82) is 0 Å². The SMILES string of the molecule is Cc1ccc(N2CCN(C(=O)CN(C)S(=O)(=O)c3cccc4nsnc34)C[C@H]2C)cc1. The quantitative estimate of drug-likeness (QED) is 0.582. The van der Waals surface area contributed by atoms with Gasteiger partial charge in [-0.2, -0.15) is 13.1 Å². The van der Waals surface area contributed by atoms with E-state index in [4.69, 9.17) is 0 Å². The van der Waals surface area contributed by atoms with Crippen LogP contribution in [0, 0.1) is 6.92 Å². The molecule has 1 fully saturated rings. The molecule has 3 aromatic rings. The molecule has 164 valence electrons. The Morgan fingerprint density at radius 1 is 1.16 bits per heavy atom. The summed E-state index contributed by atoms with van der Waals surface area (Å²) in [5.41, 5.74) is 3.22. The van der Waals surface area contributed by atoms with Gasteiger partial charge in [0, 0.05) is 38.4 Å². The van der Waals surface area contributed by atoms with E-state index in [1.54, 1.807) is 17.0 Å². The molecule has 0 saturated carbocycles. The average molecular weight is 460 g/mol. The molecule has 4 rings (SSSR count). The van der Waals surface area contributed by atoms with Crippen molar-refractivity contribution < 1.29 is 13.2 Å². The number of rotatable bonds is 5. The highest BCUT2D eigenvalue weighted by atomic mass is 32.2. The first-order valence-corrected chi connectivity index (χ1v) is 12.2. The normalized spacial score (nSPS) is 17.5. The van der Waals surface area contributed by atoms with E-state index in [1.165, 1.54) is 18.7 Å². The summed E-state index contributed by atoms with van der Waals surface area (Å²) in [4.78, 5) is 17.0. The van der Waals surface area contributed by atoms with Crippen molar-refractivity contribution >= 4 is 44.4 Å². The van der Waals surface area contributed by atoms with Gasteiger partial charge in [-0.05, 0) is 38.1 Å². The van der Waals surface area contributed by atoms with E-state index in [0.717, 1.165) is 21.7 Å². The van der Waals surface area contributed by atoms with Crippen LogP contribution in [0.25, 0.3) is 11.0 Å². The van der Waals surface area contributed by atoms with Crippen LogP contribution >= 0.6 is 11.7 Å². The van der Waals surface area contributed by atoms with Crippen molar-refractivity contribution in [3.63, 3.8) is 0 Å². The van der Waals surface area contributed by atoms with Gasteiger partial charge in [0.05, 0.1) is 18.3 Å². The summed E-state index contributed by atoms with van der Waals surface area (Å²) in [6.07, 6.45) is 0. The molecule has 0 N–H and O–H groups in total. The van der Waals surface area contributed by atoms with Gasteiger partial charge in [0.25, 0.3) is 0 Å². The highest BCUT2D eigenvalue weighted by Crippen LogP contribution is 2.24. The minimum Gasteiger partial charge on any atom is -0.365 e. The van der Waals surface area contributed by atoms with Gasteiger partial charge in [-0.25, -0.2) is 8.42 Å². The lowest BCUT2D eigenvalue weighted by molar-refractivity contribution is -0.131. The number of carbonyl (C=O) groups excluding carboxylic acids is 1. The molecule has 1 atom stereocenters. The van der Waals surface area contributed by atoms with E-state index in [1.807, 2.05) is 0 Å². The summed E-state index contributed by atoms with van der Waals surface area (Å²) in [7, 11) is -2.43. The molecule has 1 aliphatic rings. The number of sulfonamides is 1. The average Bonchev–Trinajstić information content (AvgIpc) is 3.23. The molecular weight excluding hydrogens is 434 g/mol. The topological polar surface area (TPSA) is 86.7 Å². The molecule has 10 heteroatoms. The molecular formula is C21H25N5O3S2. The summed E-state index contributed by atoms with van der Waals surface area (Å²) >= 11 is 0.968. The molecule has 1 aliphatic heterocycles. The largest absolute Gasteiger partial charge is 0.365 e. The van der Waals surface area contributed by atoms with Crippen LogP contribution in [-0.2, 0) is 14.8 Å². The molecule has 0 bridgehead atoms. The monoisotopic (exact) mass is 459 g/mol. The first-order chi connectivity index (χ1) is 14.8. The minimum atomic E-state index is -3.86. The summed E-state index contributed by atoms with van der Waals surface area (Å²) in [5, 5.41) is 0. The molecule has 0 aliphatic carbocycles. The van der Waals surface area contributed by atoms with Gasteiger partial charge in [0.15, 0.2) is 0 Å². The number of nitrogens with zero attached hydrogens (tertiary/aromatic N) is 5. The Morgan fingerprint density at radius 3 is 2.61 bits per heavy atom. The molecule has 0 unspecified atom stereocenters. The minimum absolute atomic E-state index is 0.0756. The number of hydrogen-bond donors (Lipinski definition) is 0. The number of fused-ring (bicyclic) bond motifs is 1. The van der Waals surface area contributed by atoms with Crippen LogP contribution in [0.4, 0.5) is 5.69 Å². The maximum Gasteiger partial charge on any atom is 0.245 e. The van der Waals surface area contributed by atoms with Gasteiger partial charge in [0.2, 0.25) is 15.9 Å². The Morgan fingerprint density at radius 2 is 1.90 bits per heavy atom. The number of carbonyl (C=O) groups is 1. The van der Waals surface area contributed by atoms with Crippen molar-refractivity contribution in [3.8, 4) is 0 Å². The highest BCUT2D eigenvalue weighted by Gasteiger charge is 2.31. The Labute approximate surface area is 186 Å². The fraction of sp³-hybridized carbons (Fsp3) is 0.381. The molecule has 1 saturated heterocycles. The summed E-state index contributed by atoms with van der Waals surface area (Å²) in [6.45, 7) is 5.72. The maximum atomic E-state index is 13.1. The molecule has 8 nitrogen and oxygen atoms in total. The van der Waals surface area contributed by atoms with Crippen LogP contribution in [0.3, 0.4) is 0 Å². The molecule has 0 radical (unpaired) electrons.